The number of piperazine rings is 1. The first kappa shape index (κ1) is 10.0. The van der Waals surface area contributed by atoms with Crippen LogP contribution < -0.4 is 5.32 Å². The molecule has 0 radical (unpaired) electrons. The van der Waals surface area contributed by atoms with Crippen LogP contribution in [0.25, 0.3) is 0 Å². The van der Waals surface area contributed by atoms with E-state index in [0.717, 1.165) is 13.1 Å². The van der Waals surface area contributed by atoms with E-state index in [0.29, 0.717) is 18.8 Å². The standard InChI is InChI=1S/C10H14N2O3/c13-10(12-5-3-11-4-6-12)15-8-9-2-1-7-14-9/h1-2,7,11H,3-6,8H2. The highest BCUT2D eigenvalue weighted by Gasteiger charge is 2.17. The molecule has 82 valence electrons. The number of carbonyl (C=O) groups is 1. The van der Waals surface area contributed by atoms with E-state index in [1.165, 1.54) is 0 Å². The fourth-order valence-electron chi connectivity index (χ4n) is 1.47. The van der Waals surface area contributed by atoms with Crippen molar-refractivity contribution in [1.82, 2.24) is 10.2 Å². The molecule has 1 amide bonds. The van der Waals surface area contributed by atoms with Gasteiger partial charge in [0.25, 0.3) is 0 Å². The Morgan fingerprint density at radius 1 is 1.53 bits per heavy atom. The molecule has 0 bridgehead atoms. The summed E-state index contributed by atoms with van der Waals surface area (Å²) >= 11 is 0. The summed E-state index contributed by atoms with van der Waals surface area (Å²) in [6.45, 7) is 3.27. The fraction of sp³-hybridized carbons (Fsp3) is 0.500. The Hall–Kier alpha value is -1.49. The van der Waals surface area contributed by atoms with Crippen LogP contribution in [0.15, 0.2) is 22.8 Å². The monoisotopic (exact) mass is 210 g/mol. The van der Waals surface area contributed by atoms with Crippen molar-refractivity contribution in [2.75, 3.05) is 26.2 Å². The Morgan fingerprint density at radius 2 is 2.33 bits per heavy atom. The minimum Gasteiger partial charge on any atom is -0.466 e. The third-order valence-electron chi connectivity index (χ3n) is 2.29. The van der Waals surface area contributed by atoms with Crippen molar-refractivity contribution in [3.8, 4) is 0 Å². The first-order chi connectivity index (χ1) is 7.36. The lowest BCUT2D eigenvalue weighted by Crippen LogP contribution is -2.46. The van der Waals surface area contributed by atoms with Crippen LogP contribution in [0, 0.1) is 0 Å². The lowest BCUT2D eigenvalue weighted by atomic mass is 10.4. The molecule has 1 aromatic rings. The van der Waals surface area contributed by atoms with Gasteiger partial charge in [0.05, 0.1) is 6.26 Å². The number of carbonyl (C=O) groups excluding carboxylic acids is 1. The highest BCUT2D eigenvalue weighted by Crippen LogP contribution is 2.04. The molecule has 1 aliphatic heterocycles. The maximum atomic E-state index is 11.5. The number of rotatable bonds is 2. The van der Waals surface area contributed by atoms with E-state index in [4.69, 9.17) is 9.15 Å². The molecule has 0 aliphatic carbocycles. The lowest BCUT2D eigenvalue weighted by Gasteiger charge is -2.26. The van der Waals surface area contributed by atoms with Crippen LogP contribution >= 0.6 is 0 Å². The van der Waals surface area contributed by atoms with Crippen molar-refractivity contribution in [2.45, 2.75) is 6.61 Å². The zero-order valence-electron chi connectivity index (χ0n) is 8.44. The van der Waals surface area contributed by atoms with Gasteiger partial charge in [-0.1, -0.05) is 0 Å². The highest BCUT2D eigenvalue weighted by molar-refractivity contribution is 5.67. The van der Waals surface area contributed by atoms with Crippen LogP contribution in [0.5, 0.6) is 0 Å². The summed E-state index contributed by atoms with van der Waals surface area (Å²) < 4.78 is 10.2. The van der Waals surface area contributed by atoms with Crippen LogP contribution in [0.4, 0.5) is 4.79 Å². The Bertz CT molecular complexity index is 304. The van der Waals surface area contributed by atoms with E-state index >= 15 is 0 Å². The zero-order chi connectivity index (χ0) is 10.5. The molecule has 0 saturated carbocycles. The summed E-state index contributed by atoms with van der Waals surface area (Å²) in [6, 6.07) is 3.55. The van der Waals surface area contributed by atoms with Gasteiger partial charge in [0, 0.05) is 26.2 Å². The predicted molar refractivity (Wildman–Crippen MR) is 53.3 cm³/mol. The van der Waals surface area contributed by atoms with Crippen molar-refractivity contribution in [3.05, 3.63) is 24.2 Å². The van der Waals surface area contributed by atoms with Gasteiger partial charge in [-0.15, -0.1) is 0 Å². The summed E-state index contributed by atoms with van der Waals surface area (Å²) in [7, 11) is 0. The summed E-state index contributed by atoms with van der Waals surface area (Å²) in [4.78, 5) is 13.2. The summed E-state index contributed by atoms with van der Waals surface area (Å²) in [6.07, 6.45) is 1.29. The number of furan rings is 1. The number of amides is 1. The largest absolute Gasteiger partial charge is 0.466 e. The van der Waals surface area contributed by atoms with E-state index in [1.807, 2.05) is 0 Å². The van der Waals surface area contributed by atoms with E-state index in [2.05, 4.69) is 5.32 Å². The van der Waals surface area contributed by atoms with Gasteiger partial charge in [-0.25, -0.2) is 4.79 Å². The molecule has 5 nitrogen and oxygen atoms in total. The molecular weight excluding hydrogens is 196 g/mol. The maximum Gasteiger partial charge on any atom is 0.410 e. The van der Waals surface area contributed by atoms with Crippen molar-refractivity contribution in [1.29, 1.82) is 0 Å². The number of hydrogen-bond donors (Lipinski definition) is 1. The van der Waals surface area contributed by atoms with Crippen LogP contribution in [-0.2, 0) is 11.3 Å². The molecular formula is C10H14N2O3. The van der Waals surface area contributed by atoms with Crippen molar-refractivity contribution in [3.63, 3.8) is 0 Å². The normalized spacial score (nSPS) is 16.4. The third kappa shape index (κ3) is 2.73. The van der Waals surface area contributed by atoms with Gasteiger partial charge in [-0.05, 0) is 12.1 Å². The molecule has 1 aliphatic rings. The van der Waals surface area contributed by atoms with Gasteiger partial charge >= 0.3 is 6.09 Å². The average Bonchev–Trinajstić information content (AvgIpc) is 2.80. The number of hydrogen-bond acceptors (Lipinski definition) is 4. The van der Waals surface area contributed by atoms with Crippen molar-refractivity contribution >= 4 is 6.09 Å². The minimum absolute atomic E-state index is 0.204. The third-order valence-corrected chi connectivity index (χ3v) is 2.29. The smallest absolute Gasteiger partial charge is 0.410 e. The first-order valence-corrected chi connectivity index (χ1v) is 5.01. The van der Waals surface area contributed by atoms with E-state index in [9.17, 15) is 4.79 Å². The topological polar surface area (TPSA) is 54.7 Å². The second kappa shape index (κ2) is 4.84. The average molecular weight is 210 g/mol. The fourth-order valence-corrected chi connectivity index (χ4v) is 1.47. The summed E-state index contributed by atoms with van der Waals surface area (Å²) in [5.41, 5.74) is 0. The molecule has 2 heterocycles. The van der Waals surface area contributed by atoms with E-state index in [-0.39, 0.29) is 12.7 Å². The van der Waals surface area contributed by atoms with E-state index < -0.39 is 0 Å². The molecule has 0 aromatic carbocycles. The second-order valence-electron chi connectivity index (χ2n) is 3.37. The van der Waals surface area contributed by atoms with Crippen LogP contribution in [0.2, 0.25) is 0 Å². The van der Waals surface area contributed by atoms with Crippen molar-refractivity contribution < 1.29 is 13.9 Å². The molecule has 2 rings (SSSR count). The van der Waals surface area contributed by atoms with Crippen molar-refractivity contribution in [2.24, 2.45) is 0 Å². The Labute approximate surface area is 88.0 Å². The van der Waals surface area contributed by atoms with Gasteiger partial charge in [0.2, 0.25) is 0 Å². The molecule has 1 N–H and O–H groups in total. The number of nitrogens with one attached hydrogen (secondary N) is 1. The highest BCUT2D eigenvalue weighted by atomic mass is 16.6. The van der Waals surface area contributed by atoms with Gasteiger partial charge in [0.1, 0.15) is 5.76 Å². The van der Waals surface area contributed by atoms with Gasteiger partial charge in [0.15, 0.2) is 6.61 Å². The number of ether oxygens (including phenoxy) is 1. The molecule has 0 unspecified atom stereocenters. The van der Waals surface area contributed by atoms with E-state index in [1.54, 1.807) is 23.3 Å². The molecule has 0 spiro atoms. The SMILES string of the molecule is O=C(OCc1ccco1)N1CCNCC1. The lowest BCUT2D eigenvalue weighted by molar-refractivity contribution is 0.0859. The zero-order valence-corrected chi connectivity index (χ0v) is 8.44. The Balaban J connectivity index is 1.76. The van der Waals surface area contributed by atoms with Crippen LogP contribution in [0.1, 0.15) is 5.76 Å². The van der Waals surface area contributed by atoms with Gasteiger partial charge in [-0.2, -0.15) is 0 Å². The molecule has 15 heavy (non-hydrogen) atoms. The molecule has 1 saturated heterocycles. The summed E-state index contributed by atoms with van der Waals surface area (Å²) in [5, 5.41) is 3.17. The van der Waals surface area contributed by atoms with Gasteiger partial charge in [-0.3, -0.25) is 0 Å². The maximum absolute atomic E-state index is 11.5. The minimum atomic E-state index is -0.270. The Kier molecular flexibility index (Phi) is 3.24. The molecule has 1 aromatic heterocycles. The Morgan fingerprint density at radius 3 is 3.00 bits per heavy atom. The molecule has 0 atom stereocenters. The van der Waals surface area contributed by atoms with Gasteiger partial charge < -0.3 is 19.4 Å². The van der Waals surface area contributed by atoms with Crippen LogP contribution in [-0.4, -0.2) is 37.2 Å². The molecule has 1 fully saturated rings. The second-order valence-corrected chi connectivity index (χ2v) is 3.37. The van der Waals surface area contributed by atoms with Crippen LogP contribution in [0.3, 0.4) is 0 Å². The quantitative estimate of drug-likeness (QED) is 0.785. The summed E-state index contributed by atoms with van der Waals surface area (Å²) in [5.74, 6) is 0.665. The predicted octanol–water partition coefficient (Wildman–Crippen LogP) is 0.821. The molecule has 5 heteroatoms. The first-order valence-electron chi connectivity index (χ1n) is 5.01. The number of nitrogens with zero attached hydrogens (tertiary/aromatic N) is 1.